The third-order valence-corrected chi connectivity index (χ3v) is 21.8. The van der Waals surface area contributed by atoms with E-state index in [1.165, 1.54) is 43.8 Å². The molecule has 0 aliphatic carbocycles. The van der Waals surface area contributed by atoms with Crippen molar-refractivity contribution in [3.63, 3.8) is 0 Å². The van der Waals surface area contributed by atoms with Crippen molar-refractivity contribution in [1.82, 2.24) is 33.2 Å². The molecule has 8 heteroatoms. The predicted molar refractivity (Wildman–Crippen MR) is 444 cm³/mol. The van der Waals surface area contributed by atoms with E-state index in [0.29, 0.717) is 23.0 Å². The van der Waals surface area contributed by atoms with Crippen LogP contribution in [0.5, 0.6) is 0 Å². The van der Waals surface area contributed by atoms with Crippen molar-refractivity contribution >= 4 is 87.2 Å². The van der Waals surface area contributed by atoms with Crippen LogP contribution in [0, 0.1) is 11.3 Å². The zero-order valence-electron chi connectivity index (χ0n) is 62.1. The van der Waals surface area contributed by atoms with Gasteiger partial charge in [0.1, 0.15) is 0 Å². The van der Waals surface area contributed by atoms with E-state index < -0.39 is 0 Å². The topological polar surface area (TPSA) is 82.2 Å². The monoisotopic (exact) mass is 1370 g/mol. The first-order valence-corrected chi connectivity index (χ1v) is 37.0. The Bertz CT molecular complexity index is 6520. The van der Waals surface area contributed by atoms with Crippen molar-refractivity contribution in [2.24, 2.45) is 0 Å². The Balaban J connectivity index is 0.990. The van der Waals surface area contributed by atoms with Crippen molar-refractivity contribution < 1.29 is 0 Å². The molecule has 0 atom stereocenters. The van der Waals surface area contributed by atoms with Gasteiger partial charge in [-0.3, -0.25) is 0 Å². The molecule has 18 rings (SSSR count). The average molecular weight is 1370 g/mol. The van der Waals surface area contributed by atoms with E-state index in [-0.39, 0.29) is 21.7 Å². The van der Waals surface area contributed by atoms with Gasteiger partial charge in [-0.05, 0) is 182 Å². The van der Waals surface area contributed by atoms with Crippen molar-refractivity contribution in [3.05, 3.63) is 307 Å². The number of benzene rings is 13. The predicted octanol–water partition coefficient (Wildman–Crippen LogP) is 25.7. The largest absolute Gasteiger partial charge is 0.309 e. The first-order chi connectivity index (χ1) is 51.0. The second kappa shape index (κ2) is 24.3. The lowest BCUT2D eigenvalue weighted by Gasteiger charge is -2.26. The maximum absolute atomic E-state index is 10.5. The standard InChI is InChI=1S/C98H82N8/c1-95(2,3)66-51-64(52-67(57-66)96(4,5)6)92-100-93(65-53-68(97(7,8)9)58-69(54-65)98(10,11)12)102-94(101-92)79-56-63(43-47-85(79)106-83-41-26-22-37-77(83)89-87(106)49-45-75-73-35-20-24-39-81(73)104(91(75)89)71-32-17-14-18-33-71)78-55-62(61-29-27-28-60(50-61)59-99)42-46-84(78)105-82-40-25-21-36-76(82)88-86(105)48-44-74-72-34-19-23-38-80(72)103(90(74)88)70-30-15-13-16-31-70/h13-58H,1-12H3. The SMILES string of the molecule is CC(C)(C)c1cc(-c2nc(-c3cc(C(C)(C)C)cc(C(C)(C)C)c3)nc(-c3cc(-c4cc(-c5cccc(C#N)c5)ccc4-n4c5ccccc5c5c4ccc4c6ccccc6n(-c6ccccc6)c45)ccc3-n3c4ccccc4c4c3ccc3c5ccccc5n(-c5ccccc5)c34)n2)cc(C(C)(C)C)c1. The molecular weight excluding hydrogens is 1290 g/mol. The number of hydrogen-bond donors (Lipinski definition) is 0. The second-order valence-electron chi connectivity index (χ2n) is 32.9. The molecule has 0 spiro atoms. The fraction of sp³-hybridized carbons (Fsp3) is 0.163. The summed E-state index contributed by atoms with van der Waals surface area (Å²) < 4.78 is 9.84. The summed E-state index contributed by atoms with van der Waals surface area (Å²) in [5.74, 6) is 1.71. The Labute approximate surface area is 618 Å². The van der Waals surface area contributed by atoms with Gasteiger partial charge in [0.2, 0.25) is 0 Å². The number of nitrogens with zero attached hydrogens (tertiary/aromatic N) is 8. The highest BCUT2D eigenvalue weighted by Gasteiger charge is 2.30. The highest BCUT2D eigenvalue weighted by atomic mass is 15.1. The summed E-state index contributed by atoms with van der Waals surface area (Å²) >= 11 is 0. The summed E-state index contributed by atoms with van der Waals surface area (Å²) in [5, 5.41) is 19.8. The van der Waals surface area contributed by atoms with Crippen LogP contribution in [-0.2, 0) is 21.7 Å². The summed E-state index contributed by atoms with van der Waals surface area (Å²) in [5.41, 5.74) is 24.0. The van der Waals surface area contributed by atoms with Crippen molar-refractivity contribution in [2.45, 2.75) is 105 Å². The van der Waals surface area contributed by atoms with Gasteiger partial charge in [-0.1, -0.05) is 241 Å². The molecule has 0 radical (unpaired) electrons. The lowest BCUT2D eigenvalue weighted by Crippen LogP contribution is -2.17. The fourth-order valence-electron chi connectivity index (χ4n) is 16.2. The van der Waals surface area contributed by atoms with E-state index in [4.69, 9.17) is 15.0 Å². The van der Waals surface area contributed by atoms with Crippen molar-refractivity contribution in [2.75, 3.05) is 0 Å². The van der Waals surface area contributed by atoms with Gasteiger partial charge in [-0.15, -0.1) is 0 Å². The third kappa shape index (κ3) is 10.8. The lowest BCUT2D eigenvalue weighted by atomic mass is 9.79. The van der Waals surface area contributed by atoms with Crippen LogP contribution >= 0.6 is 0 Å². The van der Waals surface area contributed by atoms with Crippen LogP contribution in [0.1, 0.15) is 111 Å². The fourth-order valence-corrected chi connectivity index (χ4v) is 16.2. The number of rotatable bonds is 9. The van der Waals surface area contributed by atoms with Crippen LogP contribution in [0.2, 0.25) is 0 Å². The number of para-hydroxylation sites is 6. The first-order valence-electron chi connectivity index (χ1n) is 37.0. The van der Waals surface area contributed by atoms with Gasteiger partial charge in [0.25, 0.3) is 0 Å². The highest BCUT2D eigenvalue weighted by Crippen LogP contribution is 2.49. The zero-order valence-corrected chi connectivity index (χ0v) is 62.1. The minimum Gasteiger partial charge on any atom is -0.309 e. The van der Waals surface area contributed by atoms with Crippen molar-refractivity contribution in [1.29, 1.82) is 5.26 Å². The molecule has 0 amide bonds. The van der Waals surface area contributed by atoms with Gasteiger partial charge in [0.15, 0.2) is 17.5 Å². The molecule has 514 valence electrons. The molecule has 18 aromatic rings. The van der Waals surface area contributed by atoms with Gasteiger partial charge in [0.05, 0.1) is 67.1 Å². The van der Waals surface area contributed by atoms with E-state index in [0.717, 1.165) is 127 Å². The number of nitriles is 1. The van der Waals surface area contributed by atoms with E-state index in [9.17, 15) is 5.26 Å². The van der Waals surface area contributed by atoms with Gasteiger partial charge in [-0.2, -0.15) is 5.26 Å². The van der Waals surface area contributed by atoms with E-state index in [2.05, 4.69) is 368 Å². The Morgan fingerprint density at radius 2 is 0.632 bits per heavy atom. The van der Waals surface area contributed by atoms with Gasteiger partial charge in [0, 0.05) is 76.7 Å². The molecule has 0 aliphatic rings. The van der Waals surface area contributed by atoms with Gasteiger partial charge in [-0.25, -0.2) is 15.0 Å². The minimum absolute atomic E-state index is 0.197. The smallest absolute Gasteiger partial charge is 0.166 e. The molecular formula is C98H82N8. The van der Waals surface area contributed by atoms with Crippen LogP contribution in [0.25, 0.3) is 166 Å². The summed E-state index contributed by atoms with van der Waals surface area (Å²) in [6.07, 6.45) is 0. The quantitative estimate of drug-likeness (QED) is 0.144. The molecule has 0 aliphatic heterocycles. The molecule has 5 heterocycles. The zero-order chi connectivity index (χ0) is 72.9. The van der Waals surface area contributed by atoms with Crippen molar-refractivity contribution in [3.8, 4) is 85.2 Å². The molecule has 0 saturated heterocycles. The molecule has 0 unspecified atom stereocenters. The van der Waals surface area contributed by atoms with E-state index >= 15 is 0 Å². The summed E-state index contributed by atoms with van der Waals surface area (Å²) in [6, 6.07) is 104. The second-order valence-corrected chi connectivity index (χ2v) is 32.9. The molecule has 0 fully saturated rings. The number of hydrogen-bond acceptors (Lipinski definition) is 4. The van der Waals surface area contributed by atoms with E-state index in [1.54, 1.807) is 0 Å². The molecule has 0 bridgehead atoms. The van der Waals surface area contributed by atoms with Gasteiger partial charge < -0.3 is 18.3 Å². The normalized spacial score (nSPS) is 12.5. The molecule has 106 heavy (non-hydrogen) atoms. The van der Waals surface area contributed by atoms with Crippen LogP contribution in [0.15, 0.2) is 279 Å². The maximum Gasteiger partial charge on any atom is 0.166 e. The van der Waals surface area contributed by atoms with Crippen LogP contribution in [0.4, 0.5) is 0 Å². The lowest BCUT2D eigenvalue weighted by molar-refractivity contribution is 0.568. The summed E-state index contributed by atoms with van der Waals surface area (Å²) in [7, 11) is 0. The molecule has 0 N–H and O–H groups in total. The van der Waals surface area contributed by atoms with E-state index in [1.807, 2.05) is 18.2 Å². The van der Waals surface area contributed by atoms with Crippen LogP contribution < -0.4 is 0 Å². The molecule has 0 saturated carbocycles. The first kappa shape index (κ1) is 65.6. The Morgan fingerprint density at radius 3 is 1.07 bits per heavy atom. The number of fused-ring (bicyclic) bond motifs is 14. The van der Waals surface area contributed by atoms with Crippen LogP contribution in [0.3, 0.4) is 0 Å². The minimum atomic E-state index is -0.197. The summed E-state index contributed by atoms with van der Waals surface area (Å²) in [6.45, 7) is 27.5. The Morgan fingerprint density at radius 1 is 0.264 bits per heavy atom. The third-order valence-electron chi connectivity index (χ3n) is 21.8. The molecule has 8 nitrogen and oxygen atoms in total. The van der Waals surface area contributed by atoms with Gasteiger partial charge >= 0.3 is 0 Å². The summed E-state index contributed by atoms with van der Waals surface area (Å²) in [4.78, 5) is 17.6. The van der Waals surface area contributed by atoms with Crippen LogP contribution in [-0.4, -0.2) is 33.2 Å². The Kier molecular flexibility index (Phi) is 15.1. The average Bonchev–Trinajstić information content (AvgIpc) is 1.55. The molecule has 13 aromatic carbocycles. The maximum atomic E-state index is 10.5. The molecule has 5 aromatic heterocycles. The highest BCUT2D eigenvalue weighted by molar-refractivity contribution is 6.28. The Hall–Kier alpha value is -12.4. The number of aromatic nitrogens is 7.